The van der Waals surface area contributed by atoms with Gasteiger partial charge in [0.2, 0.25) is 0 Å². The fraction of sp³-hybridized carbons (Fsp3) is 0.364. The Labute approximate surface area is 105 Å². The molecule has 0 N–H and O–H groups in total. The molecule has 0 saturated carbocycles. The number of rotatable bonds is 3. The Morgan fingerprint density at radius 2 is 2.00 bits per heavy atom. The maximum absolute atomic E-state index is 12.3. The van der Waals surface area contributed by atoms with E-state index in [0.717, 1.165) is 6.92 Å². The number of hydrogen-bond donors (Lipinski definition) is 0. The fourth-order valence-electron chi connectivity index (χ4n) is 1.14. The van der Waals surface area contributed by atoms with Crippen LogP contribution in [0.5, 0.6) is 5.75 Å². The number of carbonyl (C=O) groups is 1. The maximum Gasteiger partial charge on any atom is 0.425 e. The van der Waals surface area contributed by atoms with Gasteiger partial charge in [-0.2, -0.15) is 13.2 Å². The molecule has 2 nitrogen and oxygen atoms in total. The van der Waals surface area contributed by atoms with Crippen molar-refractivity contribution >= 4 is 21.7 Å². The number of ketones is 1. The summed E-state index contributed by atoms with van der Waals surface area (Å²) in [6, 6.07) is 4.34. The van der Waals surface area contributed by atoms with E-state index in [4.69, 9.17) is 4.74 Å². The van der Waals surface area contributed by atoms with E-state index in [0.29, 0.717) is 4.47 Å². The summed E-state index contributed by atoms with van der Waals surface area (Å²) in [5.74, 6) is -0.418. The van der Waals surface area contributed by atoms with Crippen LogP contribution in [0.4, 0.5) is 13.2 Å². The number of ether oxygens (including phenoxy) is 1. The van der Waals surface area contributed by atoms with Crippen LogP contribution in [0.1, 0.15) is 24.2 Å². The highest BCUT2D eigenvalue weighted by molar-refractivity contribution is 9.10. The van der Waals surface area contributed by atoms with Crippen LogP contribution in [-0.2, 0) is 0 Å². The lowest BCUT2D eigenvalue weighted by atomic mass is 10.1. The SMILES string of the molecule is CC(=O)c1ccc(Br)cc1OC(C)C(F)(F)F. The van der Waals surface area contributed by atoms with Gasteiger partial charge in [-0.05, 0) is 32.0 Å². The van der Waals surface area contributed by atoms with Crippen LogP contribution in [0.25, 0.3) is 0 Å². The van der Waals surface area contributed by atoms with Crippen LogP contribution in [0.2, 0.25) is 0 Å². The van der Waals surface area contributed by atoms with Gasteiger partial charge in [0.25, 0.3) is 0 Å². The zero-order valence-electron chi connectivity index (χ0n) is 9.14. The molecule has 17 heavy (non-hydrogen) atoms. The predicted molar refractivity (Wildman–Crippen MR) is 60.3 cm³/mol. The lowest BCUT2D eigenvalue weighted by Gasteiger charge is -2.19. The first-order valence-electron chi connectivity index (χ1n) is 4.75. The van der Waals surface area contributed by atoms with E-state index >= 15 is 0 Å². The van der Waals surface area contributed by atoms with Crippen LogP contribution in [0, 0.1) is 0 Å². The normalized spacial score (nSPS) is 13.3. The highest BCUT2D eigenvalue weighted by Crippen LogP contribution is 2.29. The molecule has 0 spiro atoms. The molecule has 0 heterocycles. The van der Waals surface area contributed by atoms with Gasteiger partial charge in [-0.15, -0.1) is 0 Å². The molecule has 0 aliphatic rings. The van der Waals surface area contributed by atoms with E-state index in [1.165, 1.54) is 19.1 Å². The summed E-state index contributed by atoms with van der Waals surface area (Å²) in [6.07, 6.45) is -6.42. The topological polar surface area (TPSA) is 26.3 Å². The smallest absolute Gasteiger partial charge is 0.425 e. The van der Waals surface area contributed by atoms with Gasteiger partial charge in [0.15, 0.2) is 11.9 Å². The molecule has 1 atom stereocenters. The molecule has 1 aromatic carbocycles. The minimum Gasteiger partial charge on any atom is -0.480 e. The van der Waals surface area contributed by atoms with Gasteiger partial charge in [-0.1, -0.05) is 15.9 Å². The number of carbonyl (C=O) groups excluding carboxylic acids is 1. The molecule has 0 aliphatic heterocycles. The molecular weight excluding hydrogens is 301 g/mol. The molecule has 1 rings (SSSR count). The Balaban J connectivity index is 3.04. The van der Waals surface area contributed by atoms with Crippen molar-refractivity contribution in [3.05, 3.63) is 28.2 Å². The zero-order valence-corrected chi connectivity index (χ0v) is 10.7. The minimum atomic E-state index is -4.46. The lowest BCUT2D eigenvalue weighted by Crippen LogP contribution is -2.31. The molecule has 1 unspecified atom stereocenters. The van der Waals surface area contributed by atoms with Gasteiger partial charge in [-0.25, -0.2) is 0 Å². The Morgan fingerprint density at radius 1 is 1.41 bits per heavy atom. The first-order chi connectivity index (χ1) is 7.71. The third kappa shape index (κ3) is 3.73. The van der Waals surface area contributed by atoms with E-state index in [9.17, 15) is 18.0 Å². The van der Waals surface area contributed by atoms with Crippen LogP contribution in [-0.4, -0.2) is 18.1 Å². The van der Waals surface area contributed by atoms with Crippen molar-refractivity contribution < 1.29 is 22.7 Å². The third-order valence-electron chi connectivity index (χ3n) is 2.09. The summed E-state index contributed by atoms with van der Waals surface area (Å²) >= 11 is 3.11. The number of alkyl halides is 3. The Morgan fingerprint density at radius 3 is 2.47 bits per heavy atom. The Bertz CT molecular complexity index is 429. The molecule has 0 aliphatic carbocycles. The van der Waals surface area contributed by atoms with Gasteiger partial charge >= 0.3 is 6.18 Å². The minimum absolute atomic E-state index is 0.0725. The van der Waals surface area contributed by atoms with Crippen LogP contribution < -0.4 is 4.74 Å². The molecular formula is C11H10BrF3O2. The molecule has 0 amide bonds. The molecule has 0 radical (unpaired) electrons. The summed E-state index contributed by atoms with van der Waals surface area (Å²) in [5, 5.41) is 0. The third-order valence-corrected chi connectivity index (χ3v) is 2.58. The monoisotopic (exact) mass is 310 g/mol. The van der Waals surface area contributed by atoms with Crippen LogP contribution >= 0.6 is 15.9 Å². The molecule has 0 saturated heterocycles. The second kappa shape index (κ2) is 5.08. The van der Waals surface area contributed by atoms with E-state index in [1.54, 1.807) is 6.07 Å². The standard InChI is InChI=1S/C11H10BrF3O2/c1-6(16)9-4-3-8(12)5-10(9)17-7(2)11(13,14)15/h3-5,7H,1-2H3. The van der Waals surface area contributed by atoms with Crippen molar-refractivity contribution in [2.45, 2.75) is 26.1 Å². The number of Topliss-reactive ketones (excluding diaryl/α,β-unsaturated/α-hetero) is 1. The molecule has 0 fully saturated rings. The molecule has 0 aromatic heterocycles. The first-order valence-corrected chi connectivity index (χ1v) is 5.55. The quantitative estimate of drug-likeness (QED) is 0.789. The van der Waals surface area contributed by atoms with Gasteiger partial charge in [0.1, 0.15) is 5.75 Å². The van der Waals surface area contributed by atoms with Crippen molar-refractivity contribution in [3.8, 4) is 5.75 Å². The number of hydrogen-bond acceptors (Lipinski definition) is 2. The predicted octanol–water partition coefficient (Wildman–Crippen LogP) is 3.98. The fourth-order valence-corrected chi connectivity index (χ4v) is 1.48. The molecule has 0 bridgehead atoms. The summed E-state index contributed by atoms with van der Waals surface area (Å²) in [6.45, 7) is 2.17. The van der Waals surface area contributed by atoms with Crippen molar-refractivity contribution in [2.75, 3.05) is 0 Å². The summed E-state index contributed by atoms with van der Waals surface area (Å²) in [4.78, 5) is 11.2. The second-order valence-electron chi connectivity index (χ2n) is 3.50. The van der Waals surface area contributed by atoms with Crippen molar-refractivity contribution in [1.29, 1.82) is 0 Å². The van der Waals surface area contributed by atoms with Gasteiger partial charge in [0.05, 0.1) is 5.56 Å². The van der Waals surface area contributed by atoms with Crippen molar-refractivity contribution in [3.63, 3.8) is 0 Å². The summed E-state index contributed by atoms with van der Waals surface area (Å²) in [7, 11) is 0. The number of benzene rings is 1. The van der Waals surface area contributed by atoms with Gasteiger partial charge < -0.3 is 4.74 Å². The Hall–Kier alpha value is -1.04. The van der Waals surface area contributed by atoms with Crippen molar-refractivity contribution in [2.24, 2.45) is 0 Å². The first kappa shape index (κ1) is 14.0. The molecule has 1 aromatic rings. The van der Waals surface area contributed by atoms with E-state index in [1.807, 2.05) is 0 Å². The summed E-state index contributed by atoms with van der Waals surface area (Å²) < 4.78 is 42.4. The Kier molecular flexibility index (Phi) is 4.19. The van der Waals surface area contributed by atoms with E-state index in [-0.39, 0.29) is 17.1 Å². The average molecular weight is 311 g/mol. The average Bonchev–Trinajstić information content (AvgIpc) is 2.15. The van der Waals surface area contributed by atoms with Gasteiger partial charge in [0, 0.05) is 4.47 Å². The van der Waals surface area contributed by atoms with E-state index < -0.39 is 12.3 Å². The lowest BCUT2D eigenvalue weighted by molar-refractivity contribution is -0.189. The van der Waals surface area contributed by atoms with E-state index in [2.05, 4.69) is 15.9 Å². The zero-order chi connectivity index (χ0) is 13.2. The second-order valence-corrected chi connectivity index (χ2v) is 4.41. The summed E-state index contributed by atoms with van der Waals surface area (Å²) in [5.41, 5.74) is 0.129. The van der Waals surface area contributed by atoms with Crippen molar-refractivity contribution in [1.82, 2.24) is 0 Å². The number of halogens is 4. The maximum atomic E-state index is 12.3. The molecule has 94 valence electrons. The highest BCUT2D eigenvalue weighted by atomic mass is 79.9. The van der Waals surface area contributed by atoms with Crippen LogP contribution in [0.3, 0.4) is 0 Å². The van der Waals surface area contributed by atoms with Gasteiger partial charge in [-0.3, -0.25) is 4.79 Å². The largest absolute Gasteiger partial charge is 0.480 e. The molecule has 6 heteroatoms. The highest BCUT2D eigenvalue weighted by Gasteiger charge is 2.38. The van der Waals surface area contributed by atoms with Crippen LogP contribution in [0.15, 0.2) is 22.7 Å².